The van der Waals surface area contributed by atoms with E-state index in [9.17, 15) is 19.8 Å². The number of nitrogens with zero attached hydrogens (tertiary/aromatic N) is 1. The van der Waals surface area contributed by atoms with Crippen LogP contribution in [0, 0.1) is 0 Å². The minimum Gasteiger partial charge on any atom is -0.507 e. The fourth-order valence-corrected chi connectivity index (χ4v) is 5.02. The Hall–Kier alpha value is -3.88. The number of carbonyl (C=O) groups excluding carboxylic acids is 2. The Morgan fingerprint density at radius 3 is 2.34 bits per heavy atom. The number of aromatic hydroxyl groups is 1. The van der Waals surface area contributed by atoms with Crippen LogP contribution in [0.2, 0.25) is 10.0 Å². The zero-order valence-corrected chi connectivity index (χ0v) is 22.3. The largest absolute Gasteiger partial charge is 0.507 e. The molecule has 8 nitrogen and oxygen atoms in total. The number of carbonyl (C=O) groups is 2. The van der Waals surface area contributed by atoms with Crippen LogP contribution in [0.5, 0.6) is 23.0 Å². The normalized spacial score (nSPS) is 16.6. The fourth-order valence-electron chi connectivity index (χ4n) is 4.38. The summed E-state index contributed by atoms with van der Waals surface area (Å²) in [5.74, 6) is -1.29. The van der Waals surface area contributed by atoms with Gasteiger partial charge in [-0.3, -0.25) is 9.59 Å². The van der Waals surface area contributed by atoms with E-state index in [0.29, 0.717) is 16.9 Å². The second-order valence-electron chi connectivity index (χ2n) is 8.41. The number of hydrogen-bond acceptors (Lipinski definition) is 7. The lowest BCUT2D eigenvalue weighted by atomic mass is 9.94. The Kier molecular flexibility index (Phi) is 8.04. The lowest BCUT2D eigenvalue weighted by molar-refractivity contribution is -0.140. The van der Waals surface area contributed by atoms with Crippen molar-refractivity contribution in [2.45, 2.75) is 19.5 Å². The molecule has 198 valence electrons. The van der Waals surface area contributed by atoms with Gasteiger partial charge in [0.2, 0.25) is 0 Å². The van der Waals surface area contributed by atoms with Crippen molar-refractivity contribution in [3.63, 3.8) is 0 Å². The van der Waals surface area contributed by atoms with E-state index in [-0.39, 0.29) is 51.6 Å². The molecule has 0 aliphatic carbocycles. The number of amides is 1. The molecule has 1 unspecified atom stereocenters. The van der Waals surface area contributed by atoms with Crippen LogP contribution in [0.4, 0.5) is 0 Å². The third kappa shape index (κ3) is 5.10. The monoisotopic (exact) mass is 557 g/mol. The molecule has 0 radical (unpaired) electrons. The summed E-state index contributed by atoms with van der Waals surface area (Å²) in [6, 6.07) is 13.4. The van der Waals surface area contributed by atoms with Crippen molar-refractivity contribution in [2.24, 2.45) is 0 Å². The molecule has 2 N–H and O–H groups in total. The molecule has 1 amide bonds. The molecule has 4 rings (SSSR count). The quantitative estimate of drug-likeness (QED) is 0.207. The van der Waals surface area contributed by atoms with Crippen molar-refractivity contribution in [1.82, 2.24) is 4.90 Å². The number of aliphatic hydroxyl groups is 1. The second-order valence-corrected chi connectivity index (χ2v) is 9.23. The van der Waals surface area contributed by atoms with Crippen LogP contribution < -0.4 is 14.2 Å². The summed E-state index contributed by atoms with van der Waals surface area (Å²) in [4.78, 5) is 28.1. The average Bonchev–Trinajstić information content (AvgIpc) is 3.14. The number of ether oxygens (including phenoxy) is 3. The summed E-state index contributed by atoms with van der Waals surface area (Å²) < 4.78 is 16.0. The van der Waals surface area contributed by atoms with Crippen molar-refractivity contribution >= 4 is 40.7 Å². The van der Waals surface area contributed by atoms with Gasteiger partial charge in [-0.2, -0.15) is 0 Å². The molecule has 1 saturated heterocycles. The Morgan fingerprint density at radius 2 is 1.71 bits per heavy atom. The predicted octanol–water partition coefficient (Wildman–Crippen LogP) is 5.74. The average molecular weight is 558 g/mol. The van der Waals surface area contributed by atoms with E-state index in [1.807, 2.05) is 0 Å². The van der Waals surface area contributed by atoms with E-state index in [1.54, 1.807) is 37.3 Å². The molecule has 38 heavy (non-hydrogen) atoms. The van der Waals surface area contributed by atoms with Gasteiger partial charge in [0.25, 0.3) is 11.7 Å². The van der Waals surface area contributed by atoms with Crippen LogP contribution in [0.15, 0.2) is 60.2 Å². The molecule has 3 aromatic carbocycles. The SMILES string of the molecule is CCOc1cc(C2/C(=C(\O)c3cc(Cl)c(OC)c(Cl)c3)C(=O)C(=O)N2Cc2cccc(OC)c2)ccc1O. The van der Waals surface area contributed by atoms with Crippen LogP contribution in [0.25, 0.3) is 5.76 Å². The molecule has 3 aromatic rings. The van der Waals surface area contributed by atoms with Crippen molar-refractivity contribution < 1.29 is 34.0 Å². The number of aliphatic hydroxyl groups excluding tert-OH is 1. The van der Waals surface area contributed by atoms with Gasteiger partial charge >= 0.3 is 0 Å². The van der Waals surface area contributed by atoms with Crippen LogP contribution >= 0.6 is 23.2 Å². The Bertz CT molecular complexity index is 1410. The number of phenolic OH excluding ortho intramolecular Hbond substituents is 1. The topological polar surface area (TPSA) is 106 Å². The summed E-state index contributed by atoms with van der Waals surface area (Å²) in [6.07, 6.45) is 0. The number of likely N-dealkylation sites (tertiary alicyclic amines) is 1. The third-order valence-electron chi connectivity index (χ3n) is 6.10. The molecular weight excluding hydrogens is 533 g/mol. The van der Waals surface area contributed by atoms with Crippen molar-refractivity contribution in [1.29, 1.82) is 0 Å². The number of Topliss-reactive ketones (excluding diaryl/α,β-unsaturated/α-hetero) is 1. The number of halogens is 2. The molecule has 0 spiro atoms. The van der Waals surface area contributed by atoms with Gasteiger partial charge in [0.1, 0.15) is 11.5 Å². The van der Waals surface area contributed by atoms with Gasteiger partial charge in [0, 0.05) is 12.1 Å². The lowest BCUT2D eigenvalue weighted by Crippen LogP contribution is -2.29. The molecule has 1 heterocycles. The smallest absolute Gasteiger partial charge is 0.295 e. The minimum atomic E-state index is -1.01. The number of ketones is 1. The highest BCUT2D eigenvalue weighted by Crippen LogP contribution is 2.44. The molecule has 1 aliphatic heterocycles. The summed E-state index contributed by atoms with van der Waals surface area (Å²) >= 11 is 12.6. The summed E-state index contributed by atoms with van der Waals surface area (Å²) in [5, 5.41) is 21.8. The van der Waals surface area contributed by atoms with Crippen LogP contribution in [-0.2, 0) is 16.1 Å². The number of benzene rings is 3. The maximum absolute atomic E-state index is 13.4. The van der Waals surface area contributed by atoms with E-state index in [1.165, 1.54) is 43.4 Å². The van der Waals surface area contributed by atoms with Crippen molar-refractivity contribution in [3.05, 3.63) is 86.9 Å². The highest BCUT2D eigenvalue weighted by atomic mass is 35.5. The van der Waals surface area contributed by atoms with Gasteiger partial charge in [0.05, 0.1) is 42.5 Å². The second kappa shape index (κ2) is 11.2. The first-order chi connectivity index (χ1) is 18.2. The van der Waals surface area contributed by atoms with Gasteiger partial charge in [0.15, 0.2) is 17.2 Å². The van der Waals surface area contributed by atoms with Gasteiger partial charge in [-0.25, -0.2) is 0 Å². The van der Waals surface area contributed by atoms with Crippen molar-refractivity contribution in [2.75, 3.05) is 20.8 Å². The molecular formula is C28H25Cl2NO7. The Morgan fingerprint density at radius 1 is 1.00 bits per heavy atom. The van der Waals surface area contributed by atoms with Crippen molar-refractivity contribution in [3.8, 4) is 23.0 Å². The van der Waals surface area contributed by atoms with Crippen LogP contribution in [0.3, 0.4) is 0 Å². The highest BCUT2D eigenvalue weighted by Gasteiger charge is 2.46. The predicted molar refractivity (Wildman–Crippen MR) is 143 cm³/mol. The third-order valence-corrected chi connectivity index (χ3v) is 6.66. The first-order valence-corrected chi connectivity index (χ1v) is 12.4. The maximum Gasteiger partial charge on any atom is 0.295 e. The molecule has 1 fully saturated rings. The van der Waals surface area contributed by atoms with E-state index in [0.717, 1.165) is 0 Å². The van der Waals surface area contributed by atoms with Gasteiger partial charge in [-0.1, -0.05) is 41.4 Å². The molecule has 1 aliphatic rings. The molecule has 0 aromatic heterocycles. The highest BCUT2D eigenvalue weighted by molar-refractivity contribution is 6.46. The zero-order chi connectivity index (χ0) is 27.6. The first kappa shape index (κ1) is 27.2. The molecule has 0 bridgehead atoms. The van der Waals surface area contributed by atoms with Gasteiger partial charge < -0.3 is 29.3 Å². The number of rotatable bonds is 8. The maximum atomic E-state index is 13.4. The first-order valence-electron chi connectivity index (χ1n) is 11.6. The van der Waals surface area contributed by atoms with Crippen LogP contribution in [0.1, 0.15) is 29.7 Å². The van der Waals surface area contributed by atoms with E-state index in [2.05, 4.69) is 0 Å². The van der Waals surface area contributed by atoms with E-state index < -0.39 is 23.5 Å². The van der Waals surface area contributed by atoms with E-state index >= 15 is 0 Å². The zero-order valence-electron chi connectivity index (χ0n) is 20.8. The van der Waals surface area contributed by atoms with Gasteiger partial charge in [-0.15, -0.1) is 0 Å². The Balaban J connectivity index is 1.91. The number of methoxy groups -OCH3 is 2. The van der Waals surface area contributed by atoms with E-state index in [4.69, 9.17) is 37.4 Å². The summed E-state index contributed by atoms with van der Waals surface area (Å²) in [7, 11) is 2.93. The number of hydrogen-bond donors (Lipinski definition) is 2. The fraction of sp³-hybridized carbons (Fsp3) is 0.214. The summed E-state index contributed by atoms with van der Waals surface area (Å²) in [5.41, 5.74) is 1.12. The minimum absolute atomic E-state index is 0.0399. The molecule has 10 heteroatoms. The summed E-state index contributed by atoms with van der Waals surface area (Å²) in [6.45, 7) is 2.08. The molecule has 1 atom stereocenters. The Labute approximate surface area is 229 Å². The van der Waals surface area contributed by atoms with Crippen LogP contribution in [-0.4, -0.2) is 47.6 Å². The van der Waals surface area contributed by atoms with Gasteiger partial charge in [-0.05, 0) is 54.4 Å². The lowest BCUT2D eigenvalue weighted by Gasteiger charge is -2.26. The number of phenols is 1. The standard InChI is InChI=1S/C28H25Cl2NO7/c1-4-38-22-13-16(8-9-21(22)32)24-23(25(33)17-11-19(29)27(37-3)20(30)12-17)26(34)28(35)31(24)14-15-6-5-7-18(10-15)36-2/h5-13,24,32-33H,4,14H2,1-3H3/b25-23+. The molecule has 0 saturated carbocycles.